The van der Waals surface area contributed by atoms with Crippen LogP contribution in [0.2, 0.25) is 0 Å². The molecule has 0 bridgehead atoms. The fourth-order valence-electron chi connectivity index (χ4n) is 2.82. The highest BCUT2D eigenvalue weighted by Gasteiger charge is 2.25. The molecule has 1 N–H and O–H groups in total. The molecule has 124 valence electrons. The molecule has 8 heteroatoms. The van der Waals surface area contributed by atoms with Gasteiger partial charge in [-0.05, 0) is 25.0 Å². The first kappa shape index (κ1) is 15.9. The lowest BCUT2D eigenvalue weighted by Gasteiger charge is -2.30. The Bertz CT molecular complexity index is 801. The van der Waals surface area contributed by atoms with Crippen molar-refractivity contribution in [3.05, 3.63) is 24.5 Å². The molecule has 2 aromatic rings. The molecule has 3 rings (SSSR count). The molecule has 1 aliphatic rings. The predicted molar refractivity (Wildman–Crippen MR) is 89.2 cm³/mol. The van der Waals surface area contributed by atoms with Gasteiger partial charge in [0.05, 0.1) is 13.4 Å². The van der Waals surface area contributed by atoms with E-state index < -0.39 is 10.0 Å². The summed E-state index contributed by atoms with van der Waals surface area (Å²) in [5.74, 6) is 1.32. The van der Waals surface area contributed by atoms with Gasteiger partial charge in [0.25, 0.3) is 0 Å². The number of anilines is 1. The third-order valence-electron chi connectivity index (χ3n) is 4.08. The molecule has 0 saturated carbocycles. The SMILES string of the molecule is COc1nccc2cnc(NC3CCN(S(C)(=O)=O)CC3)cc12. The second-order valence-electron chi connectivity index (χ2n) is 5.69. The van der Waals surface area contributed by atoms with E-state index in [1.165, 1.54) is 10.6 Å². The summed E-state index contributed by atoms with van der Waals surface area (Å²) >= 11 is 0. The highest BCUT2D eigenvalue weighted by Crippen LogP contribution is 2.25. The third kappa shape index (κ3) is 3.53. The van der Waals surface area contributed by atoms with Crippen LogP contribution in [0.4, 0.5) is 5.82 Å². The lowest BCUT2D eigenvalue weighted by molar-refractivity contribution is 0.331. The Labute approximate surface area is 135 Å². The molecular weight excluding hydrogens is 316 g/mol. The van der Waals surface area contributed by atoms with Crippen LogP contribution in [0.5, 0.6) is 5.88 Å². The van der Waals surface area contributed by atoms with Gasteiger partial charge in [-0.15, -0.1) is 0 Å². The zero-order valence-electron chi connectivity index (χ0n) is 13.2. The van der Waals surface area contributed by atoms with Crippen molar-refractivity contribution >= 4 is 26.6 Å². The second kappa shape index (κ2) is 6.29. The van der Waals surface area contributed by atoms with E-state index in [-0.39, 0.29) is 6.04 Å². The van der Waals surface area contributed by atoms with Crippen molar-refractivity contribution in [3.8, 4) is 5.88 Å². The molecule has 0 amide bonds. The number of rotatable bonds is 4. The van der Waals surface area contributed by atoms with Crippen LogP contribution >= 0.6 is 0 Å². The van der Waals surface area contributed by atoms with Gasteiger partial charge in [0.15, 0.2) is 0 Å². The largest absolute Gasteiger partial charge is 0.481 e. The van der Waals surface area contributed by atoms with E-state index in [9.17, 15) is 8.42 Å². The van der Waals surface area contributed by atoms with Gasteiger partial charge in [-0.25, -0.2) is 22.7 Å². The van der Waals surface area contributed by atoms with Gasteiger partial charge in [0.2, 0.25) is 15.9 Å². The van der Waals surface area contributed by atoms with Crippen LogP contribution in [0.1, 0.15) is 12.8 Å². The molecule has 1 saturated heterocycles. The minimum atomic E-state index is -3.09. The molecule has 0 atom stereocenters. The van der Waals surface area contributed by atoms with E-state index in [0.29, 0.717) is 19.0 Å². The number of nitrogens with zero attached hydrogens (tertiary/aromatic N) is 3. The predicted octanol–water partition coefficient (Wildman–Crippen LogP) is 1.47. The summed E-state index contributed by atoms with van der Waals surface area (Å²) in [6.07, 6.45) is 6.25. The zero-order valence-corrected chi connectivity index (χ0v) is 14.0. The zero-order chi connectivity index (χ0) is 16.4. The van der Waals surface area contributed by atoms with Crippen LogP contribution in [0.25, 0.3) is 10.8 Å². The van der Waals surface area contributed by atoms with E-state index in [2.05, 4.69) is 15.3 Å². The Morgan fingerprint density at radius 3 is 2.70 bits per heavy atom. The van der Waals surface area contributed by atoms with E-state index >= 15 is 0 Å². The molecule has 0 radical (unpaired) electrons. The second-order valence-corrected chi connectivity index (χ2v) is 7.67. The molecule has 2 aromatic heterocycles. The summed E-state index contributed by atoms with van der Waals surface area (Å²) in [4.78, 5) is 8.62. The highest BCUT2D eigenvalue weighted by atomic mass is 32.2. The van der Waals surface area contributed by atoms with Gasteiger partial charge in [0, 0.05) is 42.3 Å². The van der Waals surface area contributed by atoms with Crippen LogP contribution in [0.15, 0.2) is 24.5 Å². The van der Waals surface area contributed by atoms with Crippen molar-refractivity contribution in [1.82, 2.24) is 14.3 Å². The quantitative estimate of drug-likeness (QED) is 0.910. The number of piperidine rings is 1. The third-order valence-corrected chi connectivity index (χ3v) is 5.38. The Balaban J connectivity index is 1.73. The fourth-order valence-corrected chi connectivity index (χ4v) is 3.70. The van der Waals surface area contributed by atoms with Gasteiger partial charge in [0.1, 0.15) is 5.82 Å². The Kier molecular flexibility index (Phi) is 4.36. The first-order valence-electron chi connectivity index (χ1n) is 7.48. The maximum Gasteiger partial charge on any atom is 0.221 e. The van der Waals surface area contributed by atoms with Crippen molar-refractivity contribution in [2.24, 2.45) is 0 Å². The van der Waals surface area contributed by atoms with Gasteiger partial charge in [-0.2, -0.15) is 0 Å². The first-order valence-corrected chi connectivity index (χ1v) is 9.32. The summed E-state index contributed by atoms with van der Waals surface area (Å²) in [6.45, 7) is 1.07. The average Bonchev–Trinajstić information content (AvgIpc) is 2.54. The number of aromatic nitrogens is 2. The van der Waals surface area contributed by atoms with E-state index in [1.807, 2.05) is 12.1 Å². The Morgan fingerprint density at radius 2 is 2.04 bits per heavy atom. The number of hydrogen-bond acceptors (Lipinski definition) is 6. The highest BCUT2D eigenvalue weighted by molar-refractivity contribution is 7.88. The molecule has 1 fully saturated rings. The maximum atomic E-state index is 11.5. The van der Waals surface area contributed by atoms with Gasteiger partial charge >= 0.3 is 0 Å². The molecule has 7 nitrogen and oxygen atoms in total. The Morgan fingerprint density at radius 1 is 1.30 bits per heavy atom. The topological polar surface area (TPSA) is 84.4 Å². The number of nitrogens with one attached hydrogen (secondary N) is 1. The average molecular weight is 336 g/mol. The summed E-state index contributed by atoms with van der Waals surface area (Å²) in [5, 5.41) is 5.25. The minimum Gasteiger partial charge on any atom is -0.481 e. The fraction of sp³-hybridized carbons (Fsp3) is 0.467. The summed E-state index contributed by atoms with van der Waals surface area (Å²) < 4.78 is 29.9. The number of hydrogen-bond donors (Lipinski definition) is 1. The van der Waals surface area contributed by atoms with Gasteiger partial charge < -0.3 is 10.1 Å². The van der Waals surface area contributed by atoms with Crippen LogP contribution in [0, 0.1) is 0 Å². The molecule has 0 spiro atoms. The lowest BCUT2D eigenvalue weighted by atomic mass is 10.1. The molecule has 0 unspecified atom stereocenters. The number of pyridine rings is 2. The van der Waals surface area contributed by atoms with Crippen molar-refractivity contribution in [1.29, 1.82) is 0 Å². The molecule has 0 aromatic carbocycles. The normalized spacial score (nSPS) is 17.3. The van der Waals surface area contributed by atoms with Gasteiger partial charge in [-0.1, -0.05) is 0 Å². The first-order chi connectivity index (χ1) is 11.0. The lowest BCUT2D eigenvalue weighted by Crippen LogP contribution is -2.41. The number of methoxy groups -OCH3 is 1. The van der Waals surface area contributed by atoms with Crippen LogP contribution in [-0.4, -0.2) is 55.2 Å². The van der Waals surface area contributed by atoms with Crippen LogP contribution < -0.4 is 10.1 Å². The number of fused-ring (bicyclic) bond motifs is 1. The summed E-state index contributed by atoms with van der Waals surface area (Å²) in [7, 11) is -1.50. The standard InChI is InChI=1S/C15H20N4O3S/c1-22-15-13-9-14(17-10-11(13)3-6-16-15)18-12-4-7-19(8-5-12)23(2,20)21/h3,6,9-10,12H,4-5,7-8H2,1-2H3,(H,17,18). The molecular formula is C15H20N4O3S. The van der Waals surface area contributed by atoms with E-state index in [0.717, 1.165) is 29.4 Å². The van der Waals surface area contributed by atoms with Crippen molar-refractivity contribution in [3.63, 3.8) is 0 Å². The van der Waals surface area contributed by atoms with E-state index in [4.69, 9.17) is 4.74 Å². The van der Waals surface area contributed by atoms with Gasteiger partial charge in [-0.3, -0.25) is 0 Å². The molecule has 1 aliphatic heterocycles. The number of ether oxygens (including phenoxy) is 1. The molecule has 0 aliphatic carbocycles. The van der Waals surface area contributed by atoms with Crippen LogP contribution in [0.3, 0.4) is 0 Å². The van der Waals surface area contributed by atoms with Crippen molar-refractivity contribution < 1.29 is 13.2 Å². The maximum absolute atomic E-state index is 11.5. The Hall–Kier alpha value is -1.93. The molecule has 23 heavy (non-hydrogen) atoms. The molecule has 3 heterocycles. The minimum absolute atomic E-state index is 0.209. The smallest absolute Gasteiger partial charge is 0.221 e. The van der Waals surface area contributed by atoms with Crippen LogP contribution in [-0.2, 0) is 10.0 Å². The summed E-state index contributed by atoms with van der Waals surface area (Å²) in [5.41, 5.74) is 0. The van der Waals surface area contributed by atoms with Crippen molar-refractivity contribution in [2.45, 2.75) is 18.9 Å². The monoisotopic (exact) mass is 336 g/mol. The van der Waals surface area contributed by atoms with E-state index in [1.54, 1.807) is 19.5 Å². The summed E-state index contributed by atoms with van der Waals surface area (Å²) in [6, 6.07) is 4.02. The number of sulfonamides is 1. The van der Waals surface area contributed by atoms with Crippen molar-refractivity contribution in [2.75, 3.05) is 31.8 Å².